The molecule has 21 heavy (non-hydrogen) atoms. The van der Waals surface area contributed by atoms with Crippen LogP contribution in [0.15, 0.2) is 24.3 Å². The van der Waals surface area contributed by atoms with Gasteiger partial charge in [-0.25, -0.2) is 0 Å². The van der Waals surface area contributed by atoms with E-state index in [4.69, 9.17) is 9.84 Å². The van der Waals surface area contributed by atoms with Gasteiger partial charge in [-0.15, -0.1) is 0 Å². The number of carbonyl (C=O) groups is 1. The summed E-state index contributed by atoms with van der Waals surface area (Å²) in [4.78, 5) is 14.2. The van der Waals surface area contributed by atoms with E-state index in [1.165, 1.54) is 5.56 Å². The Morgan fingerprint density at radius 3 is 2.81 bits per heavy atom. The highest BCUT2D eigenvalue weighted by Crippen LogP contribution is 2.21. The van der Waals surface area contributed by atoms with Crippen LogP contribution in [0.25, 0.3) is 0 Å². The summed E-state index contributed by atoms with van der Waals surface area (Å²) >= 11 is 0. The molecule has 0 saturated carbocycles. The van der Waals surface area contributed by atoms with Crippen molar-refractivity contribution in [1.29, 1.82) is 0 Å². The van der Waals surface area contributed by atoms with E-state index in [1.54, 1.807) is 0 Å². The third kappa shape index (κ3) is 4.46. The number of amides is 1. The van der Waals surface area contributed by atoms with Gasteiger partial charge in [0.1, 0.15) is 5.75 Å². The first-order chi connectivity index (χ1) is 10.2. The quantitative estimate of drug-likeness (QED) is 0.839. The van der Waals surface area contributed by atoms with E-state index in [0.29, 0.717) is 0 Å². The highest BCUT2D eigenvalue weighted by Gasteiger charge is 2.28. The SMILES string of the molecule is CCc1ccc(OCC(=O)N2CCCC2CCCO)cc1. The zero-order valence-electron chi connectivity index (χ0n) is 12.8. The van der Waals surface area contributed by atoms with Crippen molar-refractivity contribution in [2.24, 2.45) is 0 Å². The molecule has 1 fully saturated rings. The van der Waals surface area contributed by atoms with Crippen molar-refractivity contribution in [2.75, 3.05) is 19.8 Å². The largest absolute Gasteiger partial charge is 0.484 e. The second-order valence-corrected chi connectivity index (χ2v) is 5.54. The average molecular weight is 291 g/mol. The summed E-state index contributed by atoms with van der Waals surface area (Å²) in [6, 6.07) is 8.16. The van der Waals surface area contributed by atoms with Crippen LogP contribution in [0.1, 0.15) is 38.2 Å². The topological polar surface area (TPSA) is 49.8 Å². The molecule has 1 heterocycles. The minimum absolute atomic E-state index is 0.0509. The van der Waals surface area contributed by atoms with Crippen molar-refractivity contribution < 1.29 is 14.6 Å². The van der Waals surface area contributed by atoms with Gasteiger partial charge in [0.15, 0.2) is 6.61 Å². The fourth-order valence-electron chi connectivity index (χ4n) is 2.84. The van der Waals surface area contributed by atoms with Crippen molar-refractivity contribution in [2.45, 2.75) is 45.1 Å². The summed E-state index contributed by atoms with van der Waals surface area (Å²) in [6.07, 6.45) is 4.73. The fourth-order valence-corrected chi connectivity index (χ4v) is 2.84. The Labute approximate surface area is 126 Å². The van der Waals surface area contributed by atoms with E-state index in [0.717, 1.165) is 44.4 Å². The third-order valence-electron chi connectivity index (χ3n) is 4.09. The van der Waals surface area contributed by atoms with Gasteiger partial charge < -0.3 is 14.7 Å². The molecule has 4 heteroatoms. The highest BCUT2D eigenvalue weighted by molar-refractivity contribution is 5.78. The Hall–Kier alpha value is -1.55. The first-order valence-corrected chi connectivity index (χ1v) is 7.86. The van der Waals surface area contributed by atoms with Crippen LogP contribution in [0.2, 0.25) is 0 Å². The smallest absolute Gasteiger partial charge is 0.260 e. The molecule has 0 bridgehead atoms. The second kappa shape index (κ2) is 8.03. The first-order valence-electron chi connectivity index (χ1n) is 7.86. The minimum Gasteiger partial charge on any atom is -0.484 e. The lowest BCUT2D eigenvalue weighted by Crippen LogP contribution is -2.38. The van der Waals surface area contributed by atoms with Gasteiger partial charge in [0.05, 0.1) is 0 Å². The van der Waals surface area contributed by atoms with Crippen molar-refractivity contribution in [3.8, 4) is 5.75 Å². The molecule has 1 aromatic rings. The molecule has 1 N–H and O–H groups in total. The molecule has 1 aliphatic heterocycles. The molecule has 1 aliphatic rings. The minimum atomic E-state index is 0.0509. The summed E-state index contributed by atoms with van der Waals surface area (Å²) in [6.45, 7) is 3.21. The van der Waals surface area contributed by atoms with Gasteiger partial charge in [-0.2, -0.15) is 0 Å². The Kier molecular flexibility index (Phi) is 6.05. The van der Waals surface area contributed by atoms with Gasteiger partial charge in [-0.05, 0) is 49.8 Å². The molecular formula is C17H25NO3. The number of hydrogen-bond acceptors (Lipinski definition) is 3. The fraction of sp³-hybridized carbons (Fsp3) is 0.588. The number of ether oxygens (including phenoxy) is 1. The molecule has 1 aromatic carbocycles. The Bertz CT molecular complexity index is 444. The zero-order valence-corrected chi connectivity index (χ0v) is 12.8. The number of hydrogen-bond donors (Lipinski definition) is 1. The highest BCUT2D eigenvalue weighted by atomic mass is 16.5. The molecule has 0 aliphatic carbocycles. The zero-order chi connectivity index (χ0) is 15.1. The van der Waals surface area contributed by atoms with E-state index < -0.39 is 0 Å². The van der Waals surface area contributed by atoms with Crippen LogP contribution in [-0.4, -0.2) is 41.7 Å². The molecule has 1 saturated heterocycles. The van der Waals surface area contributed by atoms with Crippen LogP contribution < -0.4 is 4.74 Å². The Morgan fingerprint density at radius 2 is 2.14 bits per heavy atom. The van der Waals surface area contributed by atoms with Crippen molar-refractivity contribution in [3.63, 3.8) is 0 Å². The first kappa shape index (κ1) is 15.8. The predicted molar refractivity (Wildman–Crippen MR) is 82.4 cm³/mol. The lowest BCUT2D eigenvalue weighted by atomic mass is 10.1. The van der Waals surface area contributed by atoms with Gasteiger partial charge in [-0.3, -0.25) is 4.79 Å². The number of aliphatic hydroxyl groups excluding tert-OH is 1. The van der Waals surface area contributed by atoms with E-state index in [-0.39, 0.29) is 25.2 Å². The number of likely N-dealkylation sites (tertiary alicyclic amines) is 1. The van der Waals surface area contributed by atoms with Gasteiger partial charge in [0.25, 0.3) is 5.91 Å². The van der Waals surface area contributed by atoms with Gasteiger partial charge in [0.2, 0.25) is 0 Å². The lowest BCUT2D eigenvalue weighted by molar-refractivity contribution is -0.134. The summed E-state index contributed by atoms with van der Waals surface area (Å²) in [5.41, 5.74) is 1.26. The maximum absolute atomic E-state index is 12.3. The van der Waals surface area contributed by atoms with Crippen LogP contribution >= 0.6 is 0 Å². The lowest BCUT2D eigenvalue weighted by Gasteiger charge is -2.24. The van der Waals surface area contributed by atoms with E-state index in [2.05, 4.69) is 6.92 Å². The summed E-state index contributed by atoms with van der Waals surface area (Å²) in [7, 11) is 0. The maximum Gasteiger partial charge on any atom is 0.260 e. The van der Waals surface area contributed by atoms with Crippen LogP contribution in [-0.2, 0) is 11.2 Å². The molecule has 1 amide bonds. The predicted octanol–water partition coefficient (Wildman–Crippen LogP) is 2.39. The second-order valence-electron chi connectivity index (χ2n) is 5.54. The number of benzene rings is 1. The van der Waals surface area contributed by atoms with Gasteiger partial charge in [0, 0.05) is 19.2 Å². The molecule has 0 radical (unpaired) electrons. The molecule has 1 atom stereocenters. The van der Waals surface area contributed by atoms with E-state index in [9.17, 15) is 4.79 Å². The van der Waals surface area contributed by atoms with E-state index >= 15 is 0 Å². The molecule has 1 unspecified atom stereocenters. The van der Waals surface area contributed by atoms with Crippen LogP contribution in [0, 0.1) is 0 Å². The van der Waals surface area contributed by atoms with Crippen molar-refractivity contribution >= 4 is 5.91 Å². The molecule has 4 nitrogen and oxygen atoms in total. The molecule has 2 rings (SSSR count). The normalized spacial score (nSPS) is 18.0. The number of aryl methyl sites for hydroxylation is 1. The van der Waals surface area contributed by atoms with Crippen LogP contribution in [0.5, 0.6) is 5.75 Å². The average Bonchev–Trinajstić information content (AvgIpc) is 2.99. The summed E-state index contributed by atoms with van der Waals surface area (Å²) < 4.78 is 5.59. The molecule has 0 aromatic heterocycles. The van der Waals surface area contributed by atoms with E-state index in [1.807, 2.05) is 29.2 Å². The number of aliphatic hydroxyl groups is 1. The Morgan fingerprint density at radius 1 is 1.38 bits per heavy atom. The number of rotatable bonds is 7. The van der Waals surface area contributed by atoms with Crippen molar-refractivity contribution in [1.82, 2.24) is 4.90 Å². The van der Waals surface area contributed by atoms with Crippen LogP contribution in [0.3, 0.4) is 0 Å². The Balaban J connectivity index is 1.82. The summed E-state index contributed by atoms with van der Waals surface area (Å²) in [5.74, 6) is 0.793. The number of carbonyl (C=O) groups excluding carboxylic acids is 1. The van der Waals surface area contributed by atoms with Crippen LogP contribution in [0.4, 0.5) is 0 Å². The maximum atomic E-state index is 12.3. The molecular weight excluding hydrogens is 266 g/mol. The summed E-state index contributed by atoms with van der Waals surface area (Å²) in [5, 5.41) is 8.92. The standard InChI is InChI=1S/C17H25NO3/c1-2-14-7-9-16(10-8-14)21-13-17(20)18-11-3-5-15(18)6-4-12-19/h7-10,15,19H,2-6,11-13H2,1H3. The molecule has 0 spiro atoms. The number of nitrogens with zero attached hydrogens (tertiary/aromatic N) is 1. The third-order valence-corrected chi connectivity index (χ3v) is 4.09. The van der Waals surface area contributed by atoms with Crippen molar-refractivity contribution in [3.05, 3.63) is 29.8 Å². The molecule has 116 valence electrons. The van der Waals surface area contributed by atoms with Gasteiger partial charge >= 0.3 is 0 Å². The van der Waals surface area contributed by atoms with Gasteiger partial charge in [-0.1, -0.05) is 19.1 Å². The monoisotopic (exact) mass is 291 g/mol.